The van der Waals surface area contributed by atoms with Gasteiger partial charge < -0.3 is 0 Å². The van der Waals surface area contributed by atoms with Gasteiger partial charge in [-0.15, -0.1) is 0 Å². The van der Waals surface area contributed by atoms with Gasteiger partial charge in [-0.3, -0.25) is 20.2 Å². The Kier molecular flexibility index (Phi) is 4.11. The fraction of sp³-hybridized carbons (Fsp3) is 0. The van der Waals surface area contributed by atoms with E-state index in [1.807, 2.05) is 0 Å². The molecule has 0 saturated carbocycles. The lowest BCUT2D eigenvalue weighted by Gasteiger charge is -2.05. The average molecular weight is 343 g/mol. The second-order valence-corrected chi connectivity index (χ2v) is 6.48. The zero-order chi connectivity index (χ0) is 16.5. The molecule has 0 aliphatic carbocycles. The molecular formula is C12H7ClN2O6S. The van der Waals surface area contributed by atoms with Crippen LogP contribution in [0.15, 0.2) is 52.3 Å². The molecule has 0 atom stereocenters. The van der Waals surface area contributed by atoms with E-state index in [0.29, 0.717) is 11.1 Å². The molecule has 0 spiro atoms. The highest BCUT2D eigenvalue weighted by atomic mass is 35.5. The van der Waals surface area contributed by atoms with Crippen LogP contribution in [-0.4, -0.2) is 18.3 Å². The van der Waals surface area contributed by atoms with E-state index >= 15 is 0 Å². The number of nitrogens with zero attached hydrogens (tertiary/aromatic N) is 2. The van der Waals surface area contributed by atoms with Gasteiger partial charge in [0.15, 0.2) is 0 Å². The fourth-order valence-corrected chi connectivity index (χ4v) is 3.26. The number of benzene rings is 2. The highest BCUT2D eigenvalue weighted by Gasteiger charge is 2.29. The van der Waals surface area contributed by atoms with Gasteiger partial charge in [0.2, 0.25) is 9.84 Å². The summed E-state index contributed by atoms with van der Waals surface area (Å²) in [6.07, 6.45) is 0. The number of hydrogen-bond donors (Lipinski definition) is 0. The maximum atomic E-state index is 12.4. The SMILES string of the molecule is O=[N+]([O-])c1ccc(S(=O)(=O)c2ccc(Cl)cc2)c([N+](=O)[O-])c1. The fourth-order valence-electron chi connectivity index (χ4n) is 1.73. The van der Waals surface area contributed by atoms with Gasteiger partial charge >= 0.3 is 0 Å². The summed E-state index contributed by atoms with van der Waals surface area (Å²) in [4.78, 5) is 19.1. The van der Waals surface area contributed by atoms with Crippen molar-refractivity contribution in [1.29, 1.82) is 0 Å². The normalized spacial score (nSPS) is 11.1. The molecule has 0 aromatic heterocycles. The summed E-state index contributed by atoms with van der Waals surface area (Å²) in [5, 5.41) is 22.0. The van der Waals surface area contributed by atoms with E-state index in [1.165, 1.54) is 24.3 Å². The molecule has 0 unspecified atom stereocenters. The number of non-ortho nitro benzene ring substituents is 1. The summed E-state index contributed by atoms with van der Waals surface area (Å²) in [5.41, 5.74) is -1.43. The Morgan fingerprint density at radius 2 is 1.50 bits per heavy atom. The van der Waals surface area contributed by atoms with Gasteiger partial charge in [-0.2, -0.15) is 0 Å². The van der Waals surface area contributed by atoms with Crippen LogP contribution in [-0.2, 0) is 9.84 Å². The van der Waals surface area contributed by atoms with Crippen molar-refractivity contribution in [2.75, 3.05) is 0 Å². The zero-order valence-electron chi connectivity index (χ0n) is 10.7. The Balaban J connectivity index is 2.67. The van der Waals surface area contributed by atoms with Crippen molar-refractivity contribution in [2.45, 2.75) is 9.79 Å². The smallest absolute Gasteiger partial charge is 0.258 e. The lowest BCUT2D eigenvalue weighted by atomic mass is 10.3. The summed E-state index contributed by atoms with van der Waals surface area (Å²) in [6, 6.07) is 7.40. The number of nitro groups is 2. The second kappa shape index (κ2) is 5.70. The number of halogens is 1. The molecule has 10 heteroatoms. The Bertz CT molecular complexity index is 864. The Morgan fingerprint density at radius 1 is 0.909 bits per heavy atom. The van der Waals surface area contributed by atoms with Crippen LogP contribution in [0.1, 0.15) is 0 Å². The van der Waals surface area contributed by atoms with E-state index in [0.717, 1.165) is 12.1 Å². The molecule has 0 heterocycles. The standard InChI is InChI=1S/C12H7ClN2O6S/c13-8-1-4-10(5-2-8)22(20,21)12-6-3-9(14(16)17)7-11(12)15(18)19/h1-7H. The van der Waals surface area contributed by atoms with Crippen molar-refractivity contribution in [3.05, 3.63) is 67.7 Å². The van der Waals surface area contributed by atoms with E-state index < -0.39 is 36.0 Å². The lowest BCUT2D eigenvalue weighted by molar-refractivity contribution is -0.396. The number of hydrogen-bond acceptors (Lipinski definition) is 6. The third kappa shape index (κ3) is 2.90. The first-order valence-corrected chi connectivity index (χ1v) is 7.53. The Labute approximate surface area is 129 Å². The minimum absolute atomic E-state index is 0.200. The summed E-state index contributed by atoms with van der Waals surface area (Å²) < 4.78 is 24.9. The molecule has 0 fully saturated rings. The maximum Gasteiger partial charge on any atom is 0.295 e. The monoisotopic (exact) mass is 342 g/mol. The van der Waals surface area contributed by atoms with Gasteiger partial charge in [-0.05, 0) is 30.3 Å². The molecule has 2 aromatic rings. The first-order valence-electron chi connectivity index (χ1n) is 5.67. The molecule has 0 amide bonds. The van der Waals surface area contributed by atoms with E-state index in [2.05, 4.69) is 0 Å². The minimum Gasteiger partial charge on any atom is -0.258 e. The zero-order valence-corrected chi connectivity index (χ0v) is 12.2. The molecule has 0 aliphatic rings. The topological polar surface area (TPSA) is 120 Å². The van der Waals surface area contributed by atoms with E-state index in [1.54, 1.807) is 0 Å². The summed E-state index contributed by atoms with van der Waals surface area (Å²) in [5.74, 6) is 0. The number of rotatable bonds is 4. The van der Waals surface area contributed by atoms with Crippen LogP contribution in [0.3, 0.4) is 0 Å². The van der Waals surface area contributed by atoms with Gasteiger partial charge in [-0.25, -0.2) is 8.42 Å². The molecule has 0 saturated heterocycles. The predicted molar refractivity (Wildman–Crippen MR) is 76.7 cm³/mol. The number of nitro benzene ring substituents is 2. The van der Waals surface area contributed by atoms with Crippen LogP contribution in [0, 0.1) is 20.2 Å². The molecule has 0 aliphatic heterocycles. The summed E-state index contributed by atoms with van der Waals surface area (Å²) >= 11 is 5.67. The van der Waals surface area contributed by atoms with Crippen molar-refractivity contribution in [1.82, 2.24) is 0 Å². The van der Waals surface area contributed by atoms with Crippen LogP contribution >= 0.6 is 11.6 Å². The second-order valence-electron chi connectivity index (χ2n) is 4.12. The Morgan fingerprint density at radius 3 is 2.00 bits per heavy atom. The van der Waals surface area contributed by atoms with Gasteiger partial charge in [0, 0.05) is 11.1 Å². The first kappa shape index (κ1) is 15.9. The van der Waals surface area contributed by atoms with E-state index in [-0.39, 0.29) is 4.90 Å². The van der Waals surface area contributed by atoms with Crippen molar-refractivity contribution >= 4 is 32.8 Å². The van der Waals surface area contributed by atoms with Crippen LogP contribution in [0.25, 0.3) is 0 Å². The summed E-state index contributed by atoms with van der Waals surface area (Å²) in [6.45, 7) is 0. The van der Waals surface area contributed by atoms with Gasteiger partial charge in [-0.1, -0.05) is 11.6 Å². The first-order chi connectivity index (χ1) is 10.2. The van der Waals surface area contributed by atoms with Gasteiger partial charge in [0.25, 0.3) is 11.4 Å². The molecule has 0 N–H and O–H groups in total. The van der Waals surface area contributed by atoms with Crippen LogP contribution in [0.5, 0.6) is 0 Å². The lowest BCUT2D eigenvalue weighted by Crippen LogP contribution is -2.06. The highest BCUT2D eigenvalue weighted by Crippen LogP contribution is 2.32. The summed E-state index contributed by atoms with van der Waals surface area (Å²) in [7, 11) is -4.20. The largest absolute Gasteiger partial charge is 0.295 e. The molecule has 8 nitrogen and oxygen atoms in total. The van der Waals surface area contributed by atoms with Crippen LogP contribution in [0.2, 0.25) is 5.02 Å². The molecular weight excluding hydrogens is 336 g/mol. The minimum atomic E-state index is -4.20. The molecule has 22 heavy (non-hydrogen) atoms. The van der Waals surface area contributed by atoms with Crippen molar-refractivity contribution in [3.8, 4) is 0 Å². The molecule has 0 radical (unpaired) electrons. The van der Waals surface area contributed by atoms with Crippen LogP contribution < -0.4 is 0 Å². The van der Waals surface area contributed by atoms with E-state index in [9.17, 15) is 28.6 Å². The van der Waals surface area contributed by atoms with Crippen molar-refractivity contribution in [3.63, 3.8) is 0 Å². The van der Waals surface area contributed by atoms with Crippen LogP contribution in [0.4, 0.5) is 11.4 Å². The number of sulfone groups is 1. The molecule has 0 bridgehead atoms. The van der Waals surface area contributed by atoms with Crippen molar-refractivity contribution in [2.24, 2.45) is 0 Å². The van der Waals surface area contributed by atoms with Crippen molar-refractivity contribution < 1.29 is 18.3 Å². The van der Waals surface area contributed by atoms with Gasteiger partial charge in [0.1, 0.15) is 4.90 Å². The quantitative estimate of drug-likeness (QED) is 0.622. The highest BCUT2D eigenvalue weighted by molar-refractivity contribution is 7.91. The molecule has 114 valence electrons. The third-order valence-corrected chi connectivity index (χ3v) is 4.83. The Hall–Kier alpha value is -2.52. The molecule has 2 aromatic carbocycles. The predicted octanol–water partition coefficient (Wildman–Crippen LogP) is 2.99. The van der Waals surface area contributed by atoms with Gasteiger partial charge in [0.05, 0.1) is 20.8 Å². The maximum absolute atomic E-state index is 12.4. The van der Waals surface area contributed by atoms with E-state index in [4.69, 9.17) is 11.6 Å². The third-order valence-electron chi connectivity index (χ3n) is 2.76. The average Bonchev–Trinajstić information content (AvgIpc) is 2.46. The molecule has 2 rings (SSSR count).